The number of hydrogen-bond donors (Lipinski definition) is 0. The van der Waals surface area contributed by atoms with Gasteiger partial charge in [-0.15, -0.1) is 0 Å². The van der Waals surface area contributed by atoms with Gasteiger partial charge in [0.2, 0.25) is 0 Å². The summed E-state index contributed by atoms with van der Waals surface area (Å²) in [5.41, 5.74) is 19.1. The number of benzene rings is 7. The number of anilines is 6. The van der Waals surface area contributed by atoms with Crippen molar-refractivity contribution < 1.29 is 0 Å². The SMILES string of the molecule is Cc1cc(C)c(N(c2ccc(N(c3ccncn3)c3cc(-c4ccc(-c5ccccc5-c5ccccc5)cc4)nc(-c4ccccc4)n3)cc2)c2c(C)cc(C)cc2C)c(C)c1. The Morgan fingerprint density at radius 2 is 0.855 bits per heavy atom. The van der Waals surface area contributed by atoms with E-state index in [9.17, 15) is 0 Å². The number of aryl methyl sites for hydroxylation is 6. The van der Waals surface area contributed by atoms with Crippen LogP contribution in [0, 0.1) is 41.5 Å². The average Bonchev–Trinajstić information content (AvgIpc) is 3.29. The molecule has 62 heavy (non-hydrogen) atoms. The van der Waals surface area contributed by atoms with E-state index in [1.54, 1.807) is 12.5 Å². The van der Waals surface area contributed by atoms with Gasteiger partial charge < -0.3 is 4.90 Å². The molecule has 0 N–H and O–H groups in total. The van der Waals surface area contributed by atoms with Gasteiger partial charge in [-0.2, -0.15) is 0 Å². The second kappa shape index (κ2) is 17.1. The van der Waals surface area contributed by atoms with Crippen LogP contribution in [0.4, 0.5) is 34.4 Å². The minimum atomic E-state index is 0.620. The van der Waals surface area contributed by atoms with Gasteiger partial charge in [0.05, 0.1) is 17.1 Å². The third-order valence-electron chi connectivity index (χ3n) is 11.4. The molecule has 2 heterocycles. The Hall–Kier alpha value is -7.70. The average molecular weight is 805 g/mol. The summed E-state index contributed by atoms with van der Waals surface area (Å²) in [5, 5.41) is 0. The number of hydrogen-bond acceptors (Lipinski definition) is 6. The molecule has 7 aromatic carbocycles. The van der Waals surface area contributed by atoms with Gasteiger partial charge in [-0.05, 0) is 116 Å². The molecule has 0 saturated carbocycles. The first-order chi connectivity index (χ1) is 30.2. The van der Waals surface area contributed by atoms with Gasteiger partial charge in [-0.1, -0.05) is 145 Å². The molecule has 0 radical (unpaired) electrons. The van der Waals surface area contributed by atoms with Crippen LogP contribution in [0.1, 0.15) is 33.4 Å². The van der Waals surface area contributed by atoms with Crippen molar-refractivity contribution in [1.82, 2.24) is 19.9 Å². The van der Waals surface area contributed by atoms with E-state index in [2.05, 4.69) is 202 Å². The molecule has 0 unspecified atom stereocenters. The molecule has 302 valence electrons. The molecule has 2 aromatic heterocycles. The summed E-state index contributed by atoms with van der Waals surface area (Å²) in [7, 11) is 0. The maximum atomic E-state index is 5.25. The van der Waals surface area contributed by atoms with Crippen molar-refractivity contribution in [1.29, 1.82) is 0 Å². The zero-order valence-electron chi connectivity index (χ0n) is 36.0. The Morgan fingerprint density at radius 3 is 1.37 bits per heavy atom. The van der Waals surface area contributed by atoms with Gasteiger partial charge in [-0.25, -0.2) is 19.9 Å². The van der Waals surface area contributed by atoms with Crippen LogP contribution < -0.4 is 9.80 Å². The van der Waals surface area contributed by atoms with E-state index in [1.165, 1.54) is 61.4 Å². The second-order valence-corrected chi connectivity index (χ2v) is 16.0. The van der Waals surface area contributed by atoms with Crippen molar-refractivity contribution in [2.24, 2.45) is 0 Å². The van der Waals surface area contributed by atoms with Crippen molar-refractivity contribution in [2.45, 2.75) is 41.5 Å². The summed E-state index contributed by atoms with van der Waals surface area (Å²) < 4.78 is 0. The molecule has 0 aliphatic rings. The molecule has 0 spiro atoms. The smallest absolute Gasteiger partial charge is 0.162 e. The molecule has 0 atom stereocenters. The van der Waals surface area contributed by atoms with E-state index in [0.29, 0.717) is 17.5 Å². The number of nitrogens with zero attached hydrogens (tertiary/aromatic N) is 6. The number of rotatable bonds is 10. The topological polar surface area (TPSA) is 58.0 Å². The van der Waals surface area contributed by atoms with Crippen LogP contribution in [-0.4, -0.2) is 19.9 Å². The Labute approximate surface area is 364 Å². The minimum absolute atomic E-state index is 0.620. The van der Waals surface area contributed by atoms with Crippen LogP contribution in [0.3, 0.4) is 0 Å². The fourth-order valence-electron chi connectivity index (χ4n) is 8.81. The van der Waals surface area contributed by atoms with Crippen LogP contribution in [0.25, 0.3) is 44.9 Å². The summed E-state index contributed by atoms with van der Waals surface area (Å²) in [6.45, 7) is 13.2. The van der Waals surface area contributed by atoms with Gasteiger partial charge in [-0.3, -0.25) is 4.90 Å². The zero-order valence-corrected chi connectivity index (χ0v) is 36.0. The Bertz CT molecular complexity index is 2900. The summed E-state index contributed by atoms with van der Waals surface area (Å²) in [5.74, 6) is 2.00. The van der Waals surface area contributed by atoms with E-state index in [1.807, 2.05) is 24.3 Å². The maximum Gasteiger partial charge on any atom is 0.162 e. The van der Waals surface area contributed by atoms with Crippen molar-refractivity contribution in [3.8, 4) is 44.9 Å². The monoisotopic (exact) mass is 804 g/mol. The largest absolute Gasteiger partial charge is 0.309 e. The molecule has 6 heteroatoms. The number of aromatic nitrogens is 4. The Kier molecular flexibility index (Phi) is 11.0. The standard InChI is InChI=1S/C56H48N6/c1-37-31-39(3)54(40(4)32-37)62(55-41(5)33-38(2)34-42(55)6)48-27-25-47(26-28-48)61(52-29-30-57-36-58-52)53-35-51(59-56(60-53)46-17-11-8-12-18-46)45-23-21-44(22-24-45)50-20-14-13-19-49(50)43-15-9-7-10-16-43/h7-36H,1-6H3. The van der Waals surface area contributed by atoms with Gasteiger partial charge >= 0.3 is 0 Å². The van der Waals surface area contributed by atoms with Crippen molar-refractivity contribution in [2.75, 3.05) is 9.80 Å². The highest BCUT2D eigenvalue weighted by Gasteiger charge is 2.23. The lowest BCUT2D eigenvalue weighted by molar-refractivity contribution is 1.07. The molecular weight excluding hydrogens is 757 g/mol. The highest BCUT2D eigenvalue weighted by atomic mass is 15.3. The first kappa shape index (κ1) is 39.7. The predicted molar refractivity (Wildman–Crippen MR) is 257 cm³/mol. The second-order valence-electron chi connectivity index (χ2n) is 16.0. The maximum absolute atomic E-state index is 5.25. The van der Waals surface area contributed by atoms with E-state index in [4.69, 9.17) is 15.0 Å². The van der Waals surface area contributed by atoms with Crippen LogP contribution in [-0.2, 0) is 0 Å². The lowest BCUT2D eigenvalue weighted by atomic mass is 9.94. The highest BCUT2D eigenvalue weighted by molar-refractivity contribution is 5.87. The summed E-state index contributed by atoms with van der Waals surface area (Å²) in [6, 6.07) is 59.7. The first-order valence-electron chi connectivity index (χ1n) is 21.0. The molecule has 6 nitrogen and oxygen atoms in total. The van der Waals surface area contributed by atoms with Crippen LogP contribution in [0.15, 0.2) is 182 Å². The predicted octanol–water partition coefficient (Wildman–Crippen LogP) is 14.7. The van der Waals surface area contributed by atoms with Gasteiger partial charge in [0.15, 0.2) is 5.82 Å². The van der Waals surface area contributed by atoms with Crippen LogP contribution in [0.5, 0.6) is 0 Å². The van der Waals surface area contributed by atoms with Crippen LogP contribution >= 0.6 is 0 Å². The third-order valence-corrected chi connectivity index (χ3v) is 11.4. The zero-order chi connectivity index (χ0) is 42.7. The molecule has 9 rings (SSSR count). The molecular formula is C56H48N6. The van der Waals surface area contributed by atoms with Crippen LogP contribution in [0.2, 0.25) is 0 Å². The normalized spacial score (nSPS) is 11.1. The summed E-state index contributed by atoms with van der Waals surface area (Å²) in [4.78, 5) is 24.0. The molecule has 9 aromatic rings. The van der Waals surface area contributed by atoms with Crippen molar-refractivity contribution in [3.05, 3.63) is 216 Å². The van der Waals surface area contributed by atoms with E-state index in [0.717, 1.165) is 33.8 Å². The van der Waals surface area contributed by atoms with Crippen molar-refractivity contribution in [3.63, 3.8) is 0 Å². The Morgan fingerprint density at radius 1 is 0.387 bits per heavy atom. The summed E-state index contributed by atoms with van der Waals surface area (Å²) >= 11 is 0. The molecule has 0 saturated heterocycles. The molecule has 0 bridgehead atoms. The van der Waals surface area contributed by atoms with Crippen molar-refractivity contribution >= 4 is 34.4 Å². The fraction of sp³-hybridized carbons (Fsp3) is 0.107. The first-order valence-corrected chi connectivity index (χ1v) is 21.0. The third kappa shape index (κ3) is 7.98. The Balaban J connectivity index is 1.17. The van der Waals surface area contributed by atoms with Gasteiger partial charge in [0, 0.05) is 34.8 Å². The fourth-order valence-corrected chi connectivity index (χ4v) is 8.81. The van der Waals surface area contributed by atoms with Gasteiger partial charge in [0.1, 0.15) is 18.0 Å². The van der Waals surface area contributed by atoms with Gasteiger partial charge in [0.25, 0.3) is 0 Å². The lowest BCUT2D eigenvalue weighted by Crippen LogP contribution is -2.17. The minimum Gasteiger partial charge on any atom is -0.309 e. The van der Waals surface area contributed by atoms with E-state index >= 15 is 0 Å². The lowest BCUT2D eigenvalue weighted by Gasteiger charge is -2.32. The summed E-state index contributed by atoms with van der Waals surface area (Å²) in [6.07, 6.45) is 3.35. The van der Waals surface area contributed by atoms with E-state index in [-0.39, 0.29) is 0 Å². The molecule has 0 fully saturated rings. The quantitative estimate of drug-likeness (QED) is 0.137. The van der Waals surface area contributed by atoms with E-state index < -0.39 is 0 Å². The molecule has 0 aliphatic carbocycles. The molecule has 0 aliphatic heterocycles. The highest BCUT2D eigenvalue weighted by Crippen LogP contribution is 2.44. The molecule has 0 amide bonds.